The molecule has 1 amide bonds. The molecule has 0 saturated heterocycles. The van der Waals surface area contributed by atoms with E-state index in [0.29, 0.717) is 73.8 Å². The highest BCUT2D eigenvalue weighted by Gasteiger charge is 2.78. The molecule has 3 heterocycles. The molecule has 3 aromatic rings. The summed E-state index contributed by atoms with van der Waals surface area (Å²) in [5.74, 6) is 0.605. The summed E-state index contributed by atoms with van der Waals surface area (Å²) >= 11 is 0. The molecule has 0 atom stereocenters. The Morgan fingerprint density at radius 2 is 1.87 bits per heavy atom. The van der Waals surface area contributed by atoms with E-state index in [-0.39, 0.29) is 17.8 Å². The van der Waals surface area contributed by atoms with Crippen molar-refractivity contribution in [3.05, 3.63) is 48.7 Å². The zero-order valence-corrected chi connectivity index (χ0v) is 22.2. The molecule has 3 aliphatic carbocycles. The normalized spacial score (nSPS) is 27.2. The van der Waals surface area contributed by atoms with E-state index in [1.54, 1.807) is 30.6 Å². The van der Waals surface area contributed by atoms with Crippen LogP contribution >= 0.6 is 0 Å². The molecule has 0 aromatic carbocycles. The summed E-state index contributed by atoms with van der Waals surface area (Å²) in [7, 11) is -3.59. The van der Waals surface area contributed by atoms with E-state index in [2.05, 4.69) is 35.0 Å². The number of fused-ring (bicyclic) bond motifs is 1. The van der Waals surface area contributed by atoms with Crippen LogP contribution in [0.25, 0.3) is 11.3 Å². The largest absolute Gasteiger partial charge is 0.477 e. The number of amides is 1. The first kappa shape index (κ1) is 25.6. The lowest BCUT2D eigenvalue weighted by Crippen LogP contribution is -2.45. The van der Waals surface area contributed by atoms with Crippen LogP contribution in [0.4, 0.5) is 11.8 Å². The van der Waals surface area contributed by atoms with Gasteiger partial charge in [-0.2, -0.15) is 0 Å². The Bertz CT molecular complexity index is 1500. The van der Waals surface area contributed by atoms with Gasteiger partial charge in [-0.15, -0.1) is 0 Å². The smallest absolute Gasteiger partial charge is 0.241 e. The molecular formula is C26H29N7O5S. The fourth-order valence-electron chi connectivity index (χ4n) is 5.25. The van der Waals surface area contributed by atoms with E-state index >= 15 is 0 Å². The van der Waals surface area contributed by atoms with E-state index in [9.17, 15) is 18.3 Å². The third kappa shape index (κ3) is 4.69. The van der Waals surface area contributed by atoms with Gasteiger partial charge >= 0.3 is 0 Å². The number of nitrogens with zero attached hydrogens (tertiary/aromatic N) is 5. The molecule has 0 radical (unpaired) electrons. The number of carbonyl (C=O) groups is 1. The molecule has 3 saturated carbocycles. The summed E-state index contributed by atoms with van der Waals surface area (Å²) in [6.45, 7) is 2.34. The van der Waals surface area contributed by atoms with Crippen LogP contribution in [0.2, 0.25) is 0 Å². The van der Waals surface area contributed by atoms with Crippen molar-refractivity contribution in [2.75, 3.05) is 16.6 Å². The lowest BCUT2D eigenvalue weighted by molar-refractivity contribution is -0.123. The molecule has 3 aliphatic rings. The molecule has 13 heteroatoms. The van der Waals surface area contributed by atoms with Crippen LogP contribution in [0.5, 0.6) is 5.88 Å². The number of nitrogens with one attached hydrogen (secondary N) is 2. The van der Waals surface area contributed by atoms with Gasteiger partial charge in [-0.25, -0.2) is 28.4 Å². The van der Waals surface area contributed by atoms with Crippen molar-refractivity contribution in [1.29, 1.82) is 0 Å². The second-order valence-electron chi connectivity index (χ2n) is 10.4. The van der Waals surface area contributed by atoms with E-state index < -0.39 is 26.3 Å². The average molecular weight is 552 g/mol. The van der Waals surface area contributed by atoms with Gasteiger partial charge in [0, 0.05) is 18.0 Å². The summed E-state index contributed by atoms with van der Waals surface area (Å²) in [5.41, 5.74) is 0.612. The van der Waals surface area contributed by atoms with Crippen molar-refractivity contribution in [3.63, 3.8) is 0 Å². The maximum atomic E-state index is 13.8. The first-order valence-corrected chi connectivity index (χ1v) is 14.5. The van der Waals surface area contributed by atoms with Crippen molar-refractivity contribution in [1.82, 2.24) is 24.9 Å². The van der Waals surface area contributed by atoms with Gasteiger partial charge in [0.2, 0.25) is 27.8 Å². The van der Waals surface area contributed by atoms with Crippen molar-refractivity contribution in [3.8, 4) is 17.1 Å². The Kier molecular flexibility index (Phi) is 6.22. The number of hydrogen-bond donors (Lipinski definition) is 3. The third-order valence-electron chi connectivity index (χ3n) is 7.96. The number of carbonyl (C=O) groups excluding carboxylic acids is 1. The quantitative estimate of drug-likeness (QED) is 0.359. The van der Waals surface area contributed by atoms with Gasteiger partial charge in [-0.05, 0) is 69.6 Å². The lowest BCUT2D eigenvalue weighted by atomic mass is 9.70. The zero-order valence-electron chi connectivity index (χ0n) is 21.4. The standard InChI is InChI=1S/C26H29N7O5S/c1-2-38-22-15-27-14-19(30-22)16-3-4-21(29-13-16)32-23(35)25(8-5-18(34)6-9-25)20-7-10-28-24(31-20)33-39(36,37)26-11-17(26)12-26/h3-4,7,10,13-15,17-18,34H,2,5-6,8-9,11-12H2,1H3,(H,28,31,33)(H,29,32,35). The molecule has 39 heavy (non-hydrogen) atoms. The topological polar surface area (TPSA) is 169 Å². The monoisotopic (exact) mass is 551 g/mol. The summed E-state index contributed by atoms with van der Waals surface area (Å²) < 4.78 is 32.8. The van der Waals surface area contributed by atoms with Crippen LogP contribution in [0.3, 0.4) is 0 Å². The van der Waals surface area contributed by atoms with E-state index in [4.69, 9.17) is 4.74 Å². The Balaban J connectivity index is 1.23. The highest BCUT2D eigenvalue weighted by Crippen LogP contribution is 2.71. The van der Waals surface area contributed by atoms with Crippen LogP contribution in [0.1, 0.15) is 51.1 Å². The number of ether oxygens (including phenoxy) is 1. The number of aliphatic hydroxyl groups is 1. The highest BCUT2D eigenvalue weighted by atomic mass is 32.2. The number of aromatic nitrogens is 5. The van der Waals surface area contributed by atoms with Gasteiger partial charge < -0.3 is 15.2 Å². The molecule has 6 rings (SSSR count). The number of aliphatic hydroxyl groups excluding tert-OH is 1. The first-order chi connectivity index (χ1) is 18.7. The third-order valence-corrected chi connectivity index (χ3v) is 10.2. The maximum absolute atomic E-state index is 13.8. The van der Waals surface area contributed by atoms with Crippen LogP contribution in [-0.4, -0.2) is 61.8 Å². The predicted molar refractivity (Wildman–Crippen MR) is 141 cm³/mol. The zero-order chi connectivity index (χ0) is 27.3. The number of rotatable bonds is 9. The Hall–Kier alpha value is -3.71. The molecule has 0 unspecified atom stereocenters. The number of anilines is 2. The van der Waals surface area contributed by atoms with Gasteiger partial charge in [0.1, 0.15) is 5.82 Å². The molecule has 3 N–H and O–H groups in total. The lowest BCUT2D eigenvalue weighted by Gasteiger charge is -2.37. The number of hydrogen-bond acceptors (Lipinski definition) is 10. The Morgan fingerprint density at radius 1 is 1.10 bits per heavy atom. The summed E-state index contributed by atoms with van der Waals surface area (Å²) in [5, 5.41) is 13.1. The van der Waals surface area contributed by atoms with Gasteiger partial charge in [0.05, 0.1) is 46.7 Å². The molecule has 12 nitrogen and oxygen atoms in total. The van der Waals surface area contributed by atoms with Gasteiger partial charge in [-0.3, -0.25) is 14.5 Å². The van der Waals surface area contributed by atoms with Gasteiger partial charge in [0.25, 0.3) is 0 Å². The van der Waals surface area contributed by atoms with E-state index in [0.717, 1.165) is 0 Å². The van der Waals surface area contributed by atoms with Crippen LogP contribution in [-0.2, 0) is 20.2 Å². The van der Waals surface area contributed by atoms with Gasteiger partial charge in [0.15, 0.2) is 0 Å². The van der Waals surface area contributed by atoms with Gasteiger partial charge in [-0.1, -0.05) is 0 Å². The van der Waals surface area contributed by atoms with Crippen LogP contribution < -0.4 is 14.8 Å². The van der Waals surface area contributed by atoms with Crippen molar-refractivity contribution in [2.24, 2.45) is 5.92 Å². The molecule has 0 spiro atoms. The molecular weight excluding hydrogens is 522 g/mol. The summed E-state index contributed by atoms with van der Waals surface area (Å²) in [6.07, 6.45) is 8.50. The molecule has 0 aliphatic heterocycles. The minimum atomic E-state index is -3.59. The van der Waals surface area contributed by atoms with Crippen molar-refractivity contribution >= 4 is 27.7 Å². The number of sulfonamides is 1. The fraction of sp³-hybridized carbons (Fsp3) is 0.462. The maximum Gasteiger partial charge on any atom is 0.241 e. The second kappa shape index (κ2) is 9.49. The Labute approximate surface area is 225 Å². The van der Waals surface area contributed by atoms with Crippen molar-refractivity contribution < 1.29 is 23.1 Å². The summed E-state index contributed by atoms with van der Waals surface area (Å²) in [4.78, 5) is 35.3. The van der Waals surface area contributed by atoms with E-state index in [1.165, 1.54) is 12.4 Å². The minimum Gasteiger partial charge on any atom is -0.477 e. The second-order valence-corrected chi connectivity index (χ2v) is 12.4. The van der Waals surface area contributed by atoms with Crippen LogP contribution in [0, 0.1) is 5.92 Å². The minimum absolute atomic E-state index is 0.0457. The van der Waals surface area contributed by atoms with Crippen LogP contribution in [0.15, 0.2) is 43.0 Å². The average Bonchev–Trinajstić information content (AvgIpc) is 3.82. The van der Waals surface area contributed by atoms with Crippen molar-refractivity contribution in [2.45, 2.75) is 61.7 Å². The molecule has 204 valence electrons. The predicted octanol–water partition coefficient (Wildman–Crippen LogP) is 2.44. The molecule has 3 fully saturated rings. The highest BCUT2D eigenvalue weighted by molar-refractivity contribution is 7.94. The number of pyridine rings is 1. The Morgan fingerprint density at radius 3 is 2.54 bits per heavy atom. The fourth-order valence-corrected chi connectivity index (χ4v) is 7.07. The van der Waals surface area contributed by atoms with E-state index in [1.807, 2.05) is 6.92 Å². The molecule has 0 bridgehead atoms. The SMILES string of the molecule is CCOc1cncc(-c2ccc(NC(=O)C3(c4ccnc(NS(=O)(=O)C56CC5C6)n4)CCC(O)CC3)nc2)n1. The summed E-state index contributed by atoms with van der Waals surface area (Å²) in [6, 6.07) is 5.08. The first-order valence-electron chi connectivity index (χ1n) is 13.0. The molecule has 3 aromatic heterocycles.